The number of ether oxygens (including phenoxy) is 1. The molecular weight excluding hydrogens is 476 g/mol. The number of aliphatic imine (C=N–C) groups is 2. The number of carbonyl (C=O) groups is 2. The van der Waals surface area contributed by atoms with E-state index in [1.807, 2.05) is 58.3 Å². The minimum atomic E-state index is -0.431. The number of hydrogen-bond donors (Lipinski definition) is 0. The van der Waals surface area contributed by atoms with Crippen molar-refractivity contribution < 1.29 is 14.3 Å². The molecule has 1 saturated heterocycles. The molecule has 1 aromatic carbocycles. The Kier molecular flexibility index (Phi) is 10.7. The van der Waals surface area contributed by atoms with Gasteiger partial charge in [0.2, 0.25) is 0 Å². The zero-order valence-corrected chi connectivity index (χ0v) is 24.5. The van der Waals surface area contributed by atoms with Gasteiger partial charge in [0, 0.05) is 32.0 Å². The summed E-state index contributed by atoms with van der Waals surface area (Å²) in [6.45, 7) is 9.90. The van der Waals surface area contributed by atoms with Crippen molar-refractivity contribution in [2.24, 2.45) is 15.9 Å². The van der Waals surface area contributed by atoms with Crippen molar-refractivity contribution in [2.45, 2.75) is 103 Å². The first-order chi connectivity index (χ1) is 18.4. The first kappa shape index (κ1) is 30.0. The summed E-state index contributed by atoms with van der Waals surface area (Å²) in [6.07, 6.45) is 10.4. The fourth-order valence-corrected chi connectivity index (χ4v) is 5.79. The normalized spacial score (nSPS) is 22.7. The molecule has 0 N–H and O–H groups in total. The quantitative estimate of drug-likeness (QED) is 0.497. The van der Waals surface area contributed by atoms with E-state index in [0.29, 0.717) is 5.92 Å². The molecule has 0 aromatic heterocycles. The van der Waals surface area contributed by atoms with Crippen LogP contribution in [0, 0.1) is 5.92 Å². The standard InChI is InChI=1S/C14H16N2O.C12H18N2O2.C3H8.C2H6/c1-16-12(11-7-3-2-4-8-11)15-14(13(16)17)9-5-6-10-14;1-14-10(6-9-7-16-8-9)13-12(11(14)15)4-2-3-5-12;1-3-2;1-2/h2-4,7-8H,5-6,9-10H2,1H3;9H,2-8H2,1H3;3H2,1-2H3;1-2H3. The summed E-state index contributed by atoms with van der Waals surface area (Å²) in [7, 11) is 3.70. The zero-order valence-electron chi connectivity index (χ0n) is 24.5. The lowest BCUT2D eigenvalue weighted by Crippen LogP contribution is -2.40. The van der Waals surface area contributed by atoms with Gasteiger partial charge in [0.25, 0.3) is 11.8 Å². The van der Waals surface area contributed by atoms with E-state index in [2.05, 4.69) is 13.8 Å². The Morgan fingerprint density at radius 3 is 1.76 bits per heavy atom. The van der Waals surface area contributed by atoms with Crippen molar-refractivity contribution in [1.82, 2.24) is 9.80 Å². The first-order valence-electron chi connectivity index (χ1n) is 14.7. The molecule has 3 fully saturated rings. The SMILES string of the molecule is CC.CCC.CN1C(=O)C2(CCCC2)N=C1CC1COC1.CN1C(=O)C2(CCCC2)N=C1c1ccccc1. The van der Waals surface area contributed by atoms with Crippen molar-refractivity contribution in [3.05, 3.63) is 35.9 Å². The van der Waals surface area contributed by atoms with Gasteiger partial charge >= 0.3 is 0 Å². The highest BCUT2D eigenvalue weighted by molar-refractivity contribution is 6.15. The van der Waals surface area contributed by atoms with Crippen LogP contribution < -0.4 is 0 Å². The molecule has 5 aliphatic rings. The summed E-state index contributed by atoms with van der Waals surface area (Å²) < 4.78 is 5.17. The largest absolute Gasteiger partial charge is 0.381 e. The van der Waals surface area contributed by atoms with Crippen LogP contribution in [0.25, 0.3) is 0 Å². The summed E-state index contributed by atoms with van der Waals surface area (Å²) in [6, 6.07) is 9.96. The molecule has 0 radical (unpaired) electrons. The van der Waals surface area contributed by atoms with E-state index in [0.717, 1.165) is 88.2 Å². The summed E-state index contributed by atoms with van der Waals surface area (Å²) in [4.78, 5) is 37.5. The van der Waals surface area contributed by atoms with Gasteiger partial charge in [-0.2, -0.15) is 0 Å². The molecule has 6 rings (SSSR count). The van der Waals surface area contributed by atoms with E-state index in [1.165, 1.54) is 6.42 Å². The van der Waals surface area contributed by atoms with Crippen molar-refractivity contribution >= 4 is 23.5 Å². The molecule has 3 aliphatic heterocycles. The third-order valence-corrected chi connectivity index (χ3v) is 7.85. The van der Waals surface area contributed by atoms with Crippen LogP contribution in [0.4, 0.5) is 0 Å². The minimum absolute atomic E-state index is 0.175. The summed E-state index contributed by atoms with van der Waals surface area (Å²) in [5.74, 6) is 2.79. The second kappa shape index (κ2) is 13.5. The van der Waals surface area contributed by atoms with E-state index in [4.69, 9.17) is 14.7 Å². The Bertz CT molecular complexity index is 988. The molecule has 2 saturated carbocycles. The molecule has 0 atom stereocenters. The molecule has 1 aromatic rings. The Morgan fingerprint density at radius 1 is 0.816 bits per heavy atom. The molecular formula is C31H48N4O3. The smallest absolute Gasteiger partial charge is 0.255 e. The van der Waals surface area contributed by atoms with Crippen LogP contribution in [0.2, 0.25) is 0 Å². The van der Waals surface area contributed by atoms with Crippen molar-refractivity contribution in [2.75, 3.05) is 27.3 Å². The number of amidine groups is 2. The Balaban J connectivity index is 0.000000181. The fraction of sp³-hybridized carbons (Fsp3) is 0.677. The monoisotopic (exact) mass is 524 g/mol. The fourth-order valence-electron chi connectivity index (χ4n) is 5.79. The number of benzene rings is 1. The number of hydrogen-bond acceptors (Lipinski definition) is 5. The Hall–Kier alpha value is -2.54. The lowest BCUT2D eigenvalue weighted by atomic mass is 9.98. The van der Waals surface area contributed by atoms with Crippen molar-refractivity contribution in [3.63, 3.8) is 0 Å². The maximum absolute atomic E-state index is 12.3. The van der Waals surface area contributed by atoms with Crippen molar-refractivity contribution in [3.8, 4) is 0 Å². The molecule has 2 spiro atoms. The van der Waals surface area contributed by atoms with Gasteiger partial charge in [-0.15, -0.1) is 0 Å². The van der Waals surface area contributed by atoms with Gasteiger partial charge in [-0.3, -0.25) is 24.5 Å². The van der Waals surface area contributed by atoms with Gasteiger partial charge in [-0.1, -0.05) is 90.1 Å². The van der Waals surface area contributed by atoms with E-state index in [-0.39, 0.29) is 17.4 Å². The lowest BCUT2D eigenvalue weighted by molar-refractivity contribution is -0.130. The molecule has 210 valence electrons. The number of carbonyl (C=O) groups excluding carboxylic acids is 2. The van der Waals surface area contributed by atoms with Gasteiger partial charge in [0.05, 0.1) is 13.2 Å². The minimum Gasteiger partial charge on any atom is -0.381 e. The topological polar surface area (TPSA) is 74.6 Å². The molecule has 2 aliphatic carbocycles. The number of amides is 2. The van der Waals surface area contributed by atoms with Crippen LogP contribution in [0.5, 0.6) is 0 Å². The predicted molar refractivity (Wildman–Crippen MR) is 155 cm³/mol. The highest BCUT2D eigenvalue weighted by Crippen LogP contribution is 2.40. The summed E-state index contributed by atoms with van der Waals surface area (Å²) >= 11 is 0. The Morgan fingerprint density at radius 2 is 1.29 bits per heavy atom. The van der Waals surface area contributed by atoms with E-state index < -0.39 is 5.54 Å². The van der Waals surface area contributed by atoms with Crippen LogP contribution in [0.15, 0.2) is 40.3 Å². The van der Waals surface area contributed by atoms with Crippen LogP contribution >= 0.6 is 0 Å². The van der Waals surface area contributed by atoms with Crippen LogP contribution in [0.3, 0.4) is 0 Å². The summed E-state index contributed by atoms with van der Waals surface area (Å²) in [5.41, 5.74) is 0.237. The maximum Gasteiger partial charge on any atom is 0.255 e. The Labute approximate surface area is 229 Å². The molecule has 7 nitrogen and oxygen atoms in total. The van der Waals surface area contributed by atoms with E-state index >= 15 is 0 Å². The van der Waals surface area contributed by atoms with Gasteiger partial charge < -0.3 is 9.64 Å². The third kappa shape index (κ3) is 6.19. The molecule has 3 heterocycles. The third-order valence-electron chi connectivity index (χ3n) is 7.85. The average molecular weight is 525 g/mol. The zero-order chi connectivity index (χ0) is 27.8. The molecule has 2 amide bonds. The van der Waals surface area contributed by atoms with Crippen LogP contribution in [-0.4, -0.2) is 71.7 Å². The maximum atomic E-state index is 12.3. The van der Waals surface area contributed by atoms with Crippen LogP contribution in [-0.2, 0) is 14.3 Å². The van der Waals surface area contributed by atoms with E-state index in [9.17, 15) is 9.59 Å². The average Bonchev–Trinajstić information content (AvgIpc) is 3.69. The molecule has 7 heteroatoms. The van der Waals surface area contributed by atoms with Gasteiger partial charge in [-0.05, 0) is 25.7 Å². The van der Waals surface area contributed by atoms with Gasteiger partial charge in [0.1, 0.15) is 22.7 Å². The number of likely N-dealkylation sites (N-methyl/N-ethyl adjacent to an activating group) is 2. The van der Waals surface area contributed by atoms with Crippen molar-refractivity contribution in [1.29, 1.82) is 0 Å². The second-order valence-corrected chi connectivity index (χ2v) is 10.8. The van der Waals surface area contributed by atoms with Gasteiger partial charge in [0.15, 0.2) is 0 Å². The number of nitrogens with zero attached hydrogens (tertiary/aromatic N) is 4. The highest BCUT2D eigenvalue weighted by Gasteiger charge is 2.49. The number of rotatable bonds is 3. The molecule has 38 heavy (non-hydrogen) atoms. The summed E-state index contributed by atoms with van der Waals surface area (Å²) in [5, 5.41) is 0. The molecule has 0 unspecified atom stereocenters. The predicted octanol–water partition coefficient (Wildman–Crippen LogP) is 5.87. The van der Waals surface area contributed by atoms with Crippen LogP contribution in [0.1, 0.15) is 97.5 Å². The highest BCUT2D eigenvalue weighted by atomic mass is 16.5. The second-order valence-electron chi connectivity index (χ2n) is 10.8. The molecule has 0 bridgehead atoms. The lowest BCUT2D eigenvalue weighted by Gasteiger charge is -2.27. The van der Waals surface area contributed by atoms with Gasteiger partial charge in [-0.25, -0.2) is 0 Å². The first-order valence-corrected chi connectivity index (χ1v) is 14.7. The van der Waals surface area contributed by atoms with E-state index in [1.54, 1.807) is 9.80 Å².